The molecule has 0 N–H and O–H groups in total. The number of sulfone groups is 1. The van der Waals surface area contributed by atoms with Crippen LogP contribution in [0.4, 0.5) is 0 Å². The summed E-state index contributed by atoms with van der Waals surface area (Å²) in [5.74, 6) is -0.0510. The van der Waals surface area contributed by atoms with Crippen molar-refractivity contribution >= 4 is 15.5 Å². The van der Waals surface area contributed by atoms with Gasteiger partial charge in [0.15, 0.2) is 9.84 Å². The Kier molecular flexibility index (Phi) is 4.32. The summed E-state index contributed by atoms with van der Waals surface area (Å²) in [6.45, 7) is 7.03. The first kappa shape index (κ1) is 18.1. The van der Waals surface area contributed by atoms with Crippen LogP contribution in [-0.2, 0) is 15.3 Å². The highest BCUT2D eigenvalue weighted by atomic mass is 32.2. The lowest BCUT2D eigenvalue weighted by molar-refractivity contribution is 0.596. The van der Waals surface area contributed by atoms with E-state index >= 15 is 0 Å². The monoisotopic (exact) mass is 368 g/mol. The quantitative estimate of drug-likeness (QED) is 0.705. The molecule has 0 saturated carbocycles. The number of fused-ring (bicyclic) bond motifs is 1. The van der Waals surface area contributed by atoms with Crippen molar-refractivity contribution in [1.82, 2.24) is 14.4 Å². The van der Waals surface area contributed by atoms with Gasteiger partial charge in [-0.1, -0.05) is 6.92 Å². The van der Waals surface area contributed by atoms with E-state index in [4.69, 9.17) is 0 Å². The van der Waals surface area contributed by atoms with Crippen LogP contribution in [0.3, 0.4) is 0 Å². The third-order valence-electron chi connectivity index (χ3n) is 4.43. The maximum atomic E-state index is 12.7. The topological polar surface area (TPSA) is 88.1 Å². The average Bonchev–Trinajstić information content (AvgIpc) is 3.04. The number of nitriles is 1. The fraction of sp³-hybridized carbons (Fsp3) is 0.316. The molecule has 0 atom stereocenters. The number of rotatable bonds is 4. The van der Waals surface area contributed by atoms with Crippen LogP contribution in [0, 0.1) is 18.3 Å². The lowest BCUT2D eigenvalue weighted by Gasteiger charge is -2.17. The second-order valence-electron chi connectivity index (χ2n) is 6.81. The Balaban J connectivity index is 2.27. The van der Waals surface area contributed by atoms with Crippen molar-refractivity contribution in [2.45, 2.75) is 38.0 Å². The van der Waals surface area contributed by atoms with Gasteiger partial charge in [0.2, 0.25) is 0 Å². The fourth-order valence-electron chi connectivity index (χ4n) is 2.63. The zero-order valence-electron chi connectivity index (χ0n) is 15.2. The van der Waals surface area contributed by atoms with Crippen molar-refractivity contribution in [3.05, 3.63) is 47.9 Å². The molecule has 0 amide bonds. The van der Waals surface area contributed by atoms with E-state index in [0.29, 0.717) is 17.0 Å². The van der Waals surface area contributed by atoms with Crippen LogP contribution < -0.4 is 0 Å². The van der Waals surface area contributed by atoms with Gasteiger partial charge in [-0.3, -0.25) is 4.98 Å². The number of pyridine rings is 2. The molecule has 3 heterocycles. The lowest BCUT2D eigenvalue weighted by Crippen LogP contribution is -2.16. The molecule has 0 bridgehead atoms. The Bertz CT molecular complexity index is 1140. The Morgan fingerprint density at radius 1 is 1.31 bits per heavy atom. The SMILES string of the molecule is CCS(=O)(=O)c1cc(C(C)(C)C#N)cnc1-c1cn2ccc(C)cc2n1. The number of aromatic nitrogens is 3. The highest BCUT2D eigenvalue weighted by Gasteiger charge is 2.27. The zero-order chi connectivity index (χ0) is 19.1. The summed E-state index contributed by atoms with van der Waals surface area (Å²) in [6.07, 6.45) is 5.20. The highest BCUT2D eigenvalue weighted by Crippen LogP contribution is 2.31. The normalized spacial score (nSPS) is 12.3. The molecule has 0 unspecified atom stereocenters. The van der Waals surface area contributed by atoms with Crippen LogP contribution in [-0.4, -0.2) is 28.5 Å². The third-order valence-corrected chi connectivity index (χ3v) is 6.17. The van der Waals surface area contributed by atoms with Gasteiger partial charge >= 0.3 is 0 Å². The van der Waals surface area contributed by atoms with Crippen molar-refractivity contribution < 1.29 is 8.42 Å². The summed E-state index contributed by atoms with van der Waals surface area (Å²) in [5, 5.41) is 9.36. The highest BCUT2D eigenvalue weighted by molar-refractivity contribution is 7.91. The molecule has 6 nitrogen and oxygen atoms in total. The van der Waals surface area contributed by atoms with Crippen LogP contribution in [0.1, 0.15) is 31.9 Å². The molecule has 0 aliphatic carbocycles. The van der Waals surface area contributed by atoms with Gasteiger partial charge in [-0.25, -0.2) is 13.4 Å². The minimum atomic E-state index is -3.53. The molecule has 0 aliphatic heterocycles. The smallest absolute Gasteiger partial charge is 0.180 e. The molecule has 0 spiro atoms. The number of nitrogens with zero attached hydrogens (tertiary/aromatic N) is 4. The number of aryl methyl sites for hydroxylation is 1. The van der Waals surface area contributed by atoms with Gasteiger partial charge in [-0.2, -0.15) is 5.26 Å². The lowest BCUT2D eigenvalue weighted by atomic mass is 9.87. The summed E-state index contributed by atoms with van der Waals surface area (Å²) in [6, 6.07) is 7.62. The van der Waals surface area contributed by atoms with Crippen molar-refractivity contribution in [1.29, 1.82) is 5.26 Å². The molecular formula is C19H20N4O2S. The van der Waals surface area contributed by atoms with Crippen molar-refractivity contribution in [2.75, 3.05) is 5.75 Å². The average molecular weight is 368 g/mol. The predicted octanol–water partition coefficient (Wildman–Crippen LogP) is 3.30. The predicted molar refractivity (Wildman–Crippen MR) is 99.5 cm³/mol. The number of imidazole rings is 1. The summed E-state index contributed by atoms with van der Waals surface area (Å²) >= 11 is 0. The van der Waals surface area contributed by atoms with Gasteiger partial charge < -0.3 is 4.40 Å². The molecule has 0 fully saturated rings. The largest absolute Gasteiger partial charge is 0.306 e. The molecule has 0 aliphatic rings. The van der Waals surface area contributed by atoms with E-state index in [1.807, 2.05) is 29.7 Å². The summed E-state index contributed by atoms with van der Waals surface area (Å²) in [4.78, 5) is 9.04. The second-order valence-corrected chi connectivity index (χ2v) is 9.05. The van der Waals surface area contributed by atoms with Gasteiger partial charge in [0.05, 0.1) is 22.1 Å². The minimum Gasteiger partial charge on any atom is -0.306 e. The molecular weight excluding hydrogens is 348 g/mol. The maximum Gasteiger partial charge on any atom is 0.180 e. The van der Waals surface area contributed by atoms with Crippen molar-refractivity contribution in [3.8, 4) is 17.5 Å². The Morgan fingerprint density at radius 2 is 2.04 bits per heavy atom. The number of hydrogen-bond acceptors (Lipinski definition) is 5. The van der Waals surface area contributed by atoms with Gasteiger partial charge in [-0.15, -0.1) is 0 Å². The molecule has 26 heavy (non-hydrogen) atoms. The first-order valence-electron chi connectivity index (χ1n) is 8.28. The Hall–Kier alpha value is -2.72. The van der Waals surface area contributed by atoms with Crippen molar-refractivity contribution in [2.24, 2.45) is 0 Å². The van der Waals surface area contributed by atoms with E-state index in [9.17, 15) is 13.7 Å². The molecule has 3 aromatic rings. The van der Waals surface area contributed by atoms with E-state index in [-0.39, 0.29) is 10.6 Å². The molecule has 134 valence electrons. The molecule has 3 aromatic heterocycles. The first-order valence-corrected chi connectivity index (χ1v) is 9.93. The van der Waals surface area contributed by atoms with E-state index in [2.05, 4.69) is 16.0 Å². The van der Waals surface area contributed by atoms with Gasteiger partial charge in [0, 0.05) is 18.6 Å². The van der Waals surface area contributed by atoms with Gasteiger partial charge in [-0.05, 0) is 50.1 Å². The second kappa shape index (κ2) is 6.22. The van der Waals surface area contributed by atoms with Crippen molar-refractivity contribution in [3.63, 3.8) is 0 Å². The van der Waals surface area contributed by atoms with E-state index in [1.165, 1.54) is 0 Å². The summed E-state index contributed by atoms with van der Waals surface area (Å²) < 4.78 is 27.2. The minimum absolute atomic E-state index is 0.0510. The zero-order valence-corrected chi connectivity index (χ0v) is 16.0. The molecule has 0 radical (unpaired) electrons. The fourth-order valence-corrected chi connectivity index (χ4v) is 3.70. The standard InChI is InChI=1S/C19H20N4O2S/c1-5-26(24,25)16-9-14(19(3,4)12-20)10-21-18(16)15-11-23-7-6-13(2)8-17(23)22-15/h6-11H,5H2,1-4H3. The summed E-state index contributed by atoms with van der Waals surface area (Å²) in [7, 11) is -3.53. The molecule has 0 saturated heterocycles. The maximum absolute atomic E-state index is 12.7. The molecule has 0 aromatic carbocycles. The van der Waals surface area contributed by atoms with Crippen LogP contribution in [0.25, 0.3) is 17.0 Å². The van der Waals surface area contributed by atoms with Gasteiger partial charge in [0.1, 0.15) is 17.0 Å². The van der Waals surface area contributed by atoms with Crippen LogP contribution >= 0.6 is 0 Å². The third kappa shape index (κ3) is 3.08. The first-order chi connectivity index (χ1) is 12.2. The molecule has 3 rings (SSSR count). The van der Waals surface area contributed by atoms with Gasteiger partial charge in [0.25, 0.3) is 0 Å². The Labute approximate surface area is 153 Å². The number of hydrogen-bond donors (Lipinski definition) is 0. The van der Waals surface area contributed by atoms with E-state index < -0.39 is 15.3 Å². The van der Waals surface area contributed by atoms with Crippen LogP contribution in [0.2, 0.25) is 0 Å². The van der Waals surface area contributed by atoms with Crippen LogP contribution in [0.15, 0.2) is 41.7 Å². The van der Waals surface area contributed by atoms with Crippen LogP contribution in [0.5, 0.6) is 0 Å². The summed E-state index contributed by atoms with van der Waals surface area (Å²) in [5.41, 5.74) is 2.32. The van der Waals surface area contributed by atoms with E-state index in [0.717, 1.165) is 11.2 Å². The molecule has 7 heteroatoms. The van der Waals surface area contributed by atoms with E-state index in [1.54, 1.807) is 39.2 Å². The Morgan fingerprint density at radius 3 is 2.69 bits per heavy atom.